The first-order valence-electron chi connectivity index (χ1n) is 5.61. The summed E-state index contributed by atoms with van der Waals surface area (Å²) in [5.74, 6) is 0.840. The Morgan fingerprint density at radius 3 is 2.56 bits per heavy atom. The fourth-order valence-electron chi connectivity index (χ4n) is 1.59. The highest BCUT2D eigenvalue weighted by Gasteiger charge is 2.03. The van der Waals surface area contributed by atoms with Gasteiger partial charge >= 0.3 is 0 Å². The van der Waals surface area contributed by atoms with Crippen molar-refractivity contribution in [3.63, 3.8) is 0 Å². The van der Waals surface area contributed by atoms with Gasteiger partial charge in [-0.1, -0.05) is 36.4 Å². The first-order valence-corrected chi connectivity index (χ1v) is 6.69. The molecule has 2 aromatic carbocycles. The van der Waals surface area contributed by atoms with E-state index >= 15 is 0 Å². The number of benzene rings is 2. The minimum absolute atomic E-state index is 0.415. The number of hydrogen-bond acceptors (Lipinski definition) is 2. The Bertz CT molecular complexity index is 560. The maximum atomic E-state index is 8.70. The molecule has 90 valence electrons. The van der Waals surface area contributed by atoms with Gasteiger partial charge in [-0.05, 0) is 45.9 Å². The van der Waals surface area contributed by atoms with E-state index in [2.05, 4.69) is 28.7 Å². The summed E-state index contributed by atoms with van der Waals surface area (Å²) in [6.07, 6.45) is 0.415. The number of halogens is 1. The van der Waals surface area contributed by atoms with Crippen LogP contribution < -0.4 is 4.74 Å². The molecule has 0 spiro atoms. The first-order chi connectivity index (χ1) is 8.79. The molecule has 0 aliphatic heterocycles. The van der Waals surface area contributed by atoms with Gasteiger partial charge in [0.05, 0.1) is 16.1 Å². The van der Waals surface area contributed by atoms with Gasteiger partial charge in [0.25, 0.3) is 0 Å². The predicted molar refractivity (Wildman–Crippen MR) is 79.3 cm³/mol. The van der Waals surface area contributed by atoms with Gasteiger partial charge in [-0.3, -0.25) is 0 Å². The molecule has 2 rings (SSSR count). The second-order valence-electron chi connectivity index (χ2n) is 3.87. The van der Waals surface area contributed by atoms with E-state index in [4.69, 9.17) is 10.00 Å². The molecule has 0 radical (unpaired) electrons. The molecule has 3 heteroatoms. The van der Waals surface area contributed by atoms with Crippen LogP contribution in [0.15, 0.2) is 48.5 Å². The molecule has 0 bridgehead atoms. The Balaban J connectivity index is 2.09. The summed E-state index contributed by atoms with van der Waals surface area (Å²) in [5, 5.41) is 8.70. The highest BCUT2D eigenvalue weighted by molar-refractivity contribution is 14.1. The summed E-state index contributed by atoms with van der Waals surface area (Å²) >= 11 is 2.24. The SMILES string of the molecule is N#CCc1ccc(I)c(OCc2ccccc2)c1. The normalized spacial score (nSPS) is 9.78. The lowest BCUT2D eigenvalue weighted by molar-refractivity contribution is 0.304. The highest BCUT2D eigenvalue weighted by atomic mass is 127. The van der Waals surface area contributed by atoms with Crippen molar-refractivity contribution in [1.29, 1.82) is 5.26 Å². The van der Waals surface area contributed by atoms with Crippen molar-refractivity contribution in [3.8, 4) is 11.8 Å². The molecule has 0 aliphatic rings. The quantitative estimate of drug-likeness (QED) is 0.784. The summed E-state index contributed by atoms with van der Waals surface area (Å²) in [6.45, 7) is 0.548. The molecule has 0 aromatic heterocycles. The summed E-state index contributed by atoms with van der Waals surface area (Å²) in [6, 6.07) is 18.1. The lowest BCUT2D eigenvalue weighted by atomic mass is 10.1. The number of nitrogens with zero attached hydrogens (tertiary/aromatic N) is 1. The molecule has 0 aliphatic carbocycles. The van der Waals surface area contributed by atoms with E-state index in [0.29, 0.717) is 13.0 Å². The third kappa shape index (κ3) is 3.47. The van der Waals surface area contributed by atoms with E-state index in [9.17, 15) is 0 Å². The Morgan fingerprint density at radius 1 is 1.06 bits per heavy atom. The summed E-state index contributed by atoms with van der Waals surface area (Å²) in [4.78, 5) is 0. The molecule has 2 nitrogen and oxygen atoms in total. The Hall–Kier alpha value is -1.54. The number of ether oxygens (including phenoxy) is 1. The topological polar surface area (TPSA) is 33.0 Å². The van der Waals surface area contributed by atoms with Gasteiger partial charge in [0.15, 0.2) is 0 Å². The maximum Gasteiger partial charge on any atom is 0.133 e. The molecule has 0 saturated carbocycles. The monoisotopic (exact) mass is 349 g/mol. The lowest BCUT2D eigenvalue weighted by Gasteiger charge is -2.09. The minimum Gasteiger partial charge on any atom is -0.488 e. The van der Waals surface area contributed by atoms with Crippen LogP contribution in [0.3, 0.4) is 0 Å². The Kier molecular flexibility index (Phi) is 4.59. The third-order valence-corrected chi connectivity index (χ3v) is 3.41. The molecule has 2 aromatic rings. The largest absolute Gasteiger partial charge is 0.488 e. The minimum atomic E-state index is 0.415. The Morgan fingerprint density at radius 2 is 1.83 bits per heavy atom. The van der Waals surface area contributed by atoms with Crippen LogP contribution in [0.1, 0.15) is 11.1 Å². The van der Waals surface area contributed by atoms with Crippen LogP contribution >= 0.6 is 22.6 Å². The Labute approximate surface area is 120 Å². The van der Waals surface area contributed by atoms with Crippen molar-refractivity contribution in [2.24, 2.45) is 0 Å². The van der Waals surface area contributed by atoms with Gasteiger partial charge < -0.3 is 4.74 Å². The first kappa shape index (κ1) is 12.9. The van der Waals surface area contributed by atoms with Crippen molar-refractivity contribution in [2.75, 3.05) is 0 Å². The second kappa shape index (κ2) is 6.41. The second-order valence-corrected chi connectivity index (χ2v) is 5.04. The van der Waals surface area contributed by atoms with Crippen molar-refractivity contribution in [3.05, 3.63) is 63.2 Å². The number of nitriles is 1. The molecule has 18 heavy (non-hydrogen) atoms. The van der Waals surface area contributed by atoms with Gasteiger partial charge in [-0.15, -0.1) is 0 Å². The molecule has 0 atom stereocenters. The van der Waals surface area contributed by atoms with Crippen molar-refractivity contribution in [2.45, 2.75) is 13.0 Å². The van der Waals surface area contributed by atoms with Crippen molar-refractivity contribution >= 4 is 22.6 Å². The van der Waals surface area contributed by atoms with E-state index in [1.807, 2.05) is 48.5 Å². The summed E-state index contributed by atoms with van der Waals surface area (Å²) < 4.78 is 6.85. The van der Waals surface area contributed by atoms with E-state index in [1.54, 1.807) is 0 Å². The van der Waals surface area contributed by atoms with Crippen LogP contribution in [0.2, 0.25) is 0 Å². The molecule has 0 N–H and O–H groups in total. The highest BCUT2D eigenvalue weighted by Crippen LogP contribution is 2.23. The lowest BCUT2D eigenvalue weighted by Crippen LogP contribution is -1.97. The standard InChI is InChI=1S/C15H12INO/c16-14-7-6-12(8-9-17)10-15(14)18-11-13-4-2-1-3-5-13/h1-7,10H,8,11H2. The van der Waals surface area contributed by atoms with Gasteiger partial charge in [-0.2, -0.15) is 5.26 Å². The van der Waals surface area contributed by atoms with E-state index < -0.39 is 0 Å². The predicted octanol–water partition coefficient (Wildman–Crippen LogP) is 3.94. The zero-order chi connectivity index (χ0) is 12.8. The molecule has 0 saturated heterocycles. The van der Waals surface area contributed by atoms with Crippen molar-refractivity contribution in [1.82, 2.24) is 0 Å². The third-order valence-electron chi connectivity index (χ3n) is 2.52. The van der Waals surface area contributed by atoms with Crippen LogP contribution in [-0.2, 0) is 13.0 Å². The zero-order valence-corrected chi connectivity index (χ0v) is 11.9. The zero-order valence-electron chi connectivity index (χ0n) is 9.77. The van der Waals surface area contributed by atoms with Gasteiger partial charge in [0.1, 0.15) is 12.4 Å². The van der Waals surface area contributed by atoms with E-state index in [0.717, 1.165) is 20.4 Å². The van der Waals surface area contributed by atoms with Crippen molar-refractivity contribution < 1.29 is 4.74 Å². The number of hydrogen-bond donors (Lipinski definition) is 0. The average molecular weight is 349 g/mol. The number of rotatable bonds is 4. The van der Waals surface area contributed by atoms with Crippen LogP contribution in [0, 0.1) is 14.9 Å². The molecule has 0 heterocycles. The van der Waals surface area contributed by atoms with E-state index in [-0.39, 0.29) is 0 Å². The van der Waals surface area contributed by atoms with Gasteiger partial charge in [0, 0.05) is 0 Å². The molecule has 0 fully saturated rings. The summed E-state index contributed by atoms with van der Waals surface area (Å²) in [7, 11) is 0. The fraction of sp³-hybridized carbons (Fsp3) is 0.133. The molecule has 0 unspecified atom stereocenters. The average Bonchev–Trinajstić information content (AvgIpc) is 2.41. The van der Waals surface area contributed by atoms with Gasteiger partial charge in [0.2, 0.25) is 0 Å². The molecule has 0 amide bonds. The molecular weight excluding hydrogens is 337 g/mol. The van der Waals surface area contributed by atoms with Crippen LogP contribution in [0.25, 0.3) is 0 Å². The molecular formula is C15H12INO. The van der Waals surface area contributed by atoms with Gasteiger partial charge in [-0.25, -0.2) is 0 Å². The smallest absolute Gasteiger partial charge is 0.133 e. The van der Waals surface area contributed by atoms with Crippen LogP contribution in [-0.4, -0.2) is 0 Å². The van der Waals surface area contributed by atoms with Crippen LogP contribution in [0.5, 0.6) is 5.75 Å². The van der Waals surface area contributed by atoms with E-state index in [1.165, 1.54) is 0 Å². The summed E-state index contributed by atoms with van der Waals surface area (Å²) in [5.41, 5.74) is 2.12. The fourth-order valence-corrected chi connectivity index (χ4v) is 2.09. The maximum absolute atomic E-state index is 8.70. The van der Waals surface area contributed by atoms with Crippen LogP contribution in [0.4, 0.5) is 0 Å².